The molecule has 2 nitrogen and oxygen atoms in total. The van der Waals surface area contributed by atoms with Crippen LogP contribution in [0, 0.1) is 0 Å². The second-order valence-electron chi connectivity index (χ2n) is 7.35. The van der Waals surface area contributed by atoms with E-state index in [9.17, 15) is 0 Å². The summed E-state index contributed by atoms with van der Waals surface area (Å²) >= 11 is 0. The fourth-order valence-corrected chi connectivity index (χ4v) is 3.38. The van der Waals surface area contributed by atoms with Gasteiger partial charge in [0.2, 0.25) is 0 Å². The molecule has 1 aromatic rings. The highest BCUT2D eigenvalue weighted by Gasteiger charge is 2.38. The maximum Gasteiger partial charge on any atom is 0.192 e. The quantitative estimate of drug-likeness (QED) is 0.337. The molecule has 0 amide bonds. The van der Waals surface area contributed by atoms with E-state index in [0.29, 0.717) is 6.61 Å². The zero-order chi connectivity index (χ0) is 16.6. The van der Waals surface area contributed by atoms with Crippen molar-refractivity contribution < 1.29 is 9.16 Å². The number of hydrogen-bond donors (Lipinski definition) is 0. The van der Waals surface area contributed by atoms with Crippen LogP contribution in [0.25, 0.3) is 0 Å². The van der Waals surface area contributed by atoms with Gasteiger partial charge in [-0.1, -0.05) is 57.2 Å². The minimum absolute atomic E-state index is 0.217. The largest absolute Gasteiger partial charge is 0.414 e. The summed E-state index contributed by atoms with van der Waals surface area (Å²) in [4.78, 5) is 0. The molecule has 0 heterocycles. The van der Waals surface area contributed by atoms with E-state index < -0.39 is 8.32 Å². The third-order valence-corrected chi connectivity index (χ3v) is 8.93. The summed E-state index contributed by atoms with van der Waals surface area (Å²) in [6.45, 7) is 16.7. The van der Waals surface area contributed by atoms with Crippen LogP contribution in [0.3, 0.4) is 0 Å². The van der Waals surface area contributed by atoms with E-state index in [1.165, 1.54) is 5.56 Å². The molecule has 1 aromatic carbocycles. The van der Waals surface area contributed by atoms with Gasteiger partial charge in [0, 0.05) is 6.61 Å². The first kappa shape index (κ1) is 19.1. The van der Waals surface area contributed by atoms with Crippen molar-refractivity contribution in [3.8, 4) is 0 Å². The molecule has 0 bridgehead atoms. The highest BCUT2D eigenvalue weighted by Crippen LogP contribution is 2.38. The Morgan fingerprint density at radius 2 is 1.82 bits per heavy atom. The molecule has 22 heavy (non-hydrogen) atoms. The molecule has 124 valence electrons. The first-order chi connectivity index (χ1) is 10.3. The molecule has 0 saturated carbocycles. The fraction of sp³-hybridized carbons (Fsp3) is 0.579. The lowest BCUT2D eigenvalue weighted by molar-refractivity contribution is 0.0783. The summed E-state index contributed by atoms with van der Waals surface area (Å²) in [5.74, 6) is 0. The van der Waals surface area contributed by atoms with E-state index in [2.05, 4.69) is 52.6 Å². The van der Waals surface area contributed by atoms with Crippen LogP contribution in [-0.2, 0) is 15.8 Å². The highest BCUT2D eigenvalue weighted by atomic mass is 28.4. The lowest BCUT2D eigenvalue weighted by Gasteiger charge is -2.39. The molecule has 0 aromatic heterocycles. The number of hydrogen-bond acceptors (Lipinski definition) is 2. The maximum absolute atomic E-state index is 6.48. The Morgan fingerprint density at radius 1 is 1.18 bits per heavy atom. The summed E-state index contributed by atoms with van der Waals surface area (Å²) in [6, 6.07) is 10.3. The second kappa shape index (κ2) is 8.66. The molecule has 0 aliphatic carbocycles. The van der Waals surface area contributed by atoms with Crippen molar-refractivity contribution in [1.29, 1.82) is 0 Å². The van der Waals surface area contributed by atoms with Gasteiger partial charge >= 0.3 is 0 Å². The van der Waals surface area contributed by atoms with E-state index in [1.54, 1.807) is 0 Å². The molecule has 0 fully saturated rings. The Kier molecular flexibility index (Phi) is 7.53. The first-order valence-electron chi connectivity index (χ1n) is 8.16. The zero-order valence-corrected chi connectivity index (χ0v) is 15.9. The number of rotatable bonds is 9. The van der Waals surface area contributed by atoms with Gasteiger partial charge in [-0.05, 0) is 36.5 Å². The lowest BCUT2D eigenvalue weighted by Crippen LogP contribution is -2.44. The minimum Gasteiger partial charge on any atom is -0.414 e. The average Bonchev–Trinajstić information content (AvgIpc) is 2.43. The third kappa shape index (κ3) is 6.47. The summed E-state index contributed by atoms with van der Waals surface area (Å²) in [5, 5.41) is 0.233. The second-order valence-corrected chi connectivity index (χ2v) is 12.1. The van der Waals surface area contributed by atoms with Crippen molar-refractivity contribution >= 4 is 8.32 Å². The van der Waals surface area contributed by atoms with Crippen molar-refractivity contribution in [2.45, 2.75) is 64.5 Å². The smallest absolute Gasteiger partial charge is 0.192 e. The summed E-state index contributed by atoms with van der Waals surface area (Å²) in [5.41, 5.74) is 1.22. The third-order valence-electron chi connectivity index (χ3n) is 4.39. The molecule has 0 aliphatic rings. The summed E-state index contributed by atoms with van der Waals surface area (Å²) < 4.78 is 12.3. The van der Waals surface area contributed by atoms with E-state index >= 15 is 0 Å². The molecule has 0 radical (unpaired) electrons. The van der Waals surface area contributed by atoms with Crippen LogP contribution in [0.4, 0.5) is 0 Å². The summed E-state index contributed by atoms with van der Waals surface area (Å²) in [6.07, 6.45) is 3.98. The molecule has 0 saturated heterocycles. The highest BCUT2D eigenvalue weighted by molar-refractivity contribution is 6.74. The lowest BCUT2D eigenvalue weighted by atomic mass is 10.2. The molecule has 0 spiro atoms. The molecule has 3 heteroatoms. The van der Waals surface area contributed by atoms with Crippen LogP contribution in [-0.4, -0.2) is 21.0 Å². The van der Waals surface area contributed by atoms with Gasteiger partial charge in [0.25, 0.3) is 0 Å². The van der Waals surface area contributed by atoms with Gasteiger partial charge in [0.15, 0.2) is 8.32 Å². The Morgan fingerprint density at radius 3 is 2.36 bits per heavy atom. The van der Waals surface area contributed by atoms with Crippen molar-refractivity contribution in [3.63, 3.8) is 0 Å². The van der Waals surface area contributed by atoms with Gasteiger partial charge in [0.1, 0.15) is 0 Å². The van der Waals surface area contributed by atoms with Crippen LogP contribution < -0.4 is 0 Å². The van der Waals surface area contributed by atoms with Crippen molar-refractivity contribution in [2.75, 3.05) is 6.61 Å². The standard InChI is InChI=1S/C19H32O2Si/c1-7-11-18(21-22(5,6)19(2,3)4)14-15-20-16-17-12-9-8-10-13-17/h7-10,12-13,18H,1,11,14-16H2,2-6H3. The molecule has 1 atom stereocenters. The van der Waals surface area contributed by atoms with Crippen LogP contribution >= 0.6 is 0 Å². The Bertz CT molecular complexity index is 434. The van der Waals surface area contributed by atoms with E-state index in [1.807, 2.05) is 24.3 Å². The van der Waals surface area contributed by atoms with Gasteiger partial charge < -0.3 is 9.16 Å². The zero-order valence-electron chi connectivity index (χ0n) is 14.9. The van der Waals surface area contributed by atoms with Crippen LogP contribution in [0.15, 0.2) is 43.0 Å². The molecule has 0 N–H and O–H groups in total. The summed E-state index contributed by atoms with van der Waals surface area (Å²) in [7, 11) is -1.73. The van der Waals surface area contributed by atoms with Gasteiger partial charge in [-0.25, -0.2) is 0 Å². The van der Waals surface area contributed by atoms with E-state index in [0.717, 1.165) is 19.4 Å². The normalized spacial score (nSPS) is 13.9. The Labute approximate surface area is 137 Å². The fourth-order valence-electron chi connectivity index (χ4n) is 1.98. The Hall–Kier alpha value is -0.903. The molecule has 1 unspecified atom stereocenters. The number of ether oxygens (including phenoxy) is 1. The average molecular weight is 321 g/mol. The minimum atomic E-state index is -1.73. The molecular weight excluding hydrogens is 288 g/mol. The molecular formula is C19H32O2Si. The van der Waals surface area contributed by atoms with Crippen LogP contribution in [0.2, 0.25) is 18.1 Å². The Balaban J connectivity index is 2.42. The van der Waals surface area contributed by atoms with Gasteiger partial charge in [-0.2, -0.15) is 0 Å². The predicted octanol–water partition coefficient (Wildman–Crippen LogP) is 5.56. The number of benzene rings is 1. The van der Waals surface area contributed by atoms with Crippen LogP contribution in [0.1, 0.15) is 39.2 Å². The van der Waals surface area contributed by atoms with E-state index in [4.69, 9.17) is 9.16 Å². The first-order valence-corrected chi connectivity index (χ1v) is 11.1. The van der Waals surface area contributed by atoms with Crippen molar-refractivity contribution in [1.82, 2.24) is 0 Å². The van der Waals surface area contributed by atoms with Crippen molar-refractivity contribution in [2.24, 2.45) is 0 Å². The predicted molar refractivity (Wildman–Crippen MR) is 97.6 cm³/mol. The topological polar surface area (TPSA) is 18.5 Å². The van der Waals surface area contributed by atoms with E-state index in [-0.39, 0.29) is 11.1 Å². The maximum atomic E-state index is 6.48. The molecule has 0 aliphatic heterocycles. The monoisotopic (exact) mass is 320 g/mol. The van der Waals surface area contributed by atoms with Gasteiger partial charge in [-0.15, -0.1) is 6.58 Å². The van der Waals surface area contributed by atoms with Crippen LogP contribution in [0.5, 0.6) is 0 Å². The van der Waals surface area contributed by atoms with Crippen molar-refractivity contribution in [3.05, 3.63) is 48.6 Å². The van der Waals surface area contributed by atoms with Gasteiger partial charge in [-0.3, -0.25) is 0 Å². The molecule has 1 rings (SSSR count). The van der Waals surface area contributed by atoms with Gasteiger partial charge in [0.05, 0.1) is 12.7 Å². The SMILES string of the molecule is C=CCC(CCOCc1ccccc1)O[Si](C)(C)C(C)(C)C.